The number of benzene rings is 1. The molecule has 196 valence electrons. The van der Waals surface area contributed by atoms with Gasteiger partial charge in [0.1, 0.15) is 29.9 Å². The Labute approximate surface area is 202 Å². The first-order valence-corrected chi connectivity index (χ1v) is 11.2. The highest BCUT2D eigenvalue weighted by Crippen LogP contribution is 2.12. The number of amides is 3. The minimum Gasteiger partial charge on any atom is -0.508 e. The number of hydrogen-bond acceptors (Lipinski definition) is 9. The highest BCUT2D eigenvalue weighted by Gasteiger charge is 2.30. The Kier molecular flexibility index (Phi) is 12.7. The van der Waals surface area contributed by atoms with Gasteiger partial charge >= 0.3 is 5.97 Å². The standard InChI is InChI=1S/C22H35N5O8/c1-12(29)18(24)21(33)27-17(11-28)20(32)26-16(10-13-5-7-14(30)8-6-13)19(31)25-15(22(34)35)4-2-3-9-23/h5-8,12,15-18,28-30H,2-4,9-11,23-24H2,1H3,(H,25,31)(H,26,32)(H,27,33)(H,34,35). The number of hydrogen-bond donors (Lipinski definition) is 9. The fourth-order valence-electron chi connectivity index (χ4n) is 3.05. The second-order valence-corrected chi connectivity index (χ2v) is 8.13. The van der Waals surface area contributed by atoms with Crippen LogP contribution in [-0.4, -0.2) is 87.5 Å². The lowest BCUT2D eigenvalue weighted by Crippen LogP contribution is -2.59. The Bertz CT molecular complexity index is 849. The van der Waals surface area contributed by atoms with Crippen molar-refractivity contribution >= 4 is 23.7 Å². The van der Waals surface area contributed by atoms with E-state index in [1.807, 2.05) is 0 Å². The fourth-order valence-corrected chi connectivity index (χ4v) is 3.05. The number of nitrogens with one attached hydrogen (secondary N) is 3. The van der Waals surface area contributed by atoms with Gasteiger partial charge in [0.25, 0.3) is 0 Å². The number of aromatic hydroxyl groups is 1. The summed E-state index contributed by atoms with van der Waals surface area (Å²) in [5.41, 5.74) is 11.5. The van der Waals surface area contributed by atoms with E-state index in [1.54, 1.807) is 0 Å². The summed E-state index contributed by atoms with van der Waals surface area (Å²) in [6.45, 7) is 0.823. The number of unbranched alkanes of at least 4 members (excludes halogenated alkanes) is 1. The maximum absolute atomic E-state index is 13.0. The zero-order valence-electron chi connectivity index (χ0n) is 19.5. The van der Waals surface area contributed by atoms with Crippen molar-refractivity contribution in [1.29, 1.82) is 0 Å². The van der Waals surface area contributed by atoms with Gasteiger partial charge in [-0.15, -0.1) is 0 Å². The number of carboxylic acid groups (broad SMARTS) is 1. The molecular formula is C22H35N5O8. The Hall–Kier alpha value is -3.26. The van der Waals surface area contributed by atoms with Gasteiger partial charge in [-0.05, 0) is 50.4 Å². The topological polar surface area (TPSA) is 237 Å². The average molecular weight is 498 g/mol. The molecule has 0 saturated heterocycles. The molecule has 13 heteroatoms. The maximum Gasteiger partial charge on any atom is 0.326 e. The number of carboxylic acids is 1. The first-order chi connectivity index (χ1) is 16.5. The third kappa shape index (κ3) is 10.3. The summed E-state index contributed by atoms with van der Waals surface area (Å²) in [6.07, 6.45) is -0.126. The molecule has 13 nitrogen and oxygen atoms in total. The van der Waals surface area contributed by atoms with E-state index in [1.165, 1.54) is 31.2 Å². The third-order valence-electron chi connectivity index (χ3n) is 5.21. The number of rotatable bonds is 15. The number of aliphatic hydroxyl groups excluding tert-OH is 2. The van der Waals surface area contributed by atoms with Crippen LogP contribution in [0.1, 0.15) is 31.7 Å². The molecular weight excluding hydrogens is 462 g/mol. The number of carbonyl (C=O) groups excluding carboxylic acids is 3. The highest BCUT2D eigenvalue weighted by atomic mass is 16.4. The summed E-state index contributed by atoms with van der Waals surface area (Å²) in [4.78, 5) is 49.4. The van der Waals surface area contributed by atoms with E-state index < -0.39 is 60.6 Å². The van der Waals surface area contributed by atoms with E-state index in [-0.39, 0.29) is 18.6 Å². The molecule has 1 aromatic carbocycles. The largest absolute Gasteiger partial charge is 0.508 e. The van der Waals surface area contributed by atoms with Crippen molar-refractivity contribution in [2.24, 2.45) is 11.5 Å². The number of aliphatic hydroxyl groups is 2. The second-order valence-electron chi connectivity index (χ2n) is 8.13. The van der Waals surface area contributed by atoms with E-state index >= 15 is 0 Å². The van der Waals surface area contributed by atoms with Crippen LogP contribution in [0, 0.1) is 0 Å². The summed E-state index contributed by atoms with van der Waals surface area (Å²) in [7, 11) is 0. The summed E-state index contributed by atoms with van der Waals surface area (Å²) < 4.78 is 0. The number of phenols is 1. The maximum atomic E-state index is 13.0. The molecule has 5 atom stereocenters. The number of aliphatic carboxylic acids is 1. The zero-order chi connectivity index (χ0) is 26.5. The molecule has 0 fully saturated rings. The molecule has 1 aromatic rings. The SMILES string of the molecule is CC(O)C(N)C(=O)NC(CO)C(=O)NC(Cc1ccc(O)cc1)C(=O)NC(CCCCN)C(=O)O. The van der Waals surface area contributed by atoms with Crippen LogP contribution >= 0.6 is 0 Å². The molecule has 0 aliphatic carbocycles. The first-order valence-electron chi connectivity index (χ1n) is 11.2. The zero-order valence-corrected chi connectivity index (χ0v) is 19.5. The average Bonchev–Trinajstić information content (AvgIpc) is 2.81. The normalized spacial score (nSPS) is 15.2. The number of phenolic OH excluding ortho intramolecular Hbond substituents is 1. The van der Waals surface area contributed by atoms with Crippen LogP contribution < -0.4 is 27.4 Å². The van der Waals surface area contributed by atoms with Gasteiger partial charge in [0.2, 0.25) is 17.7 Å². The van der Waals surface area contributed by atoms with Crippen molar-refractivity contribution in [1.82, 2.24) is 16.0 Å². The lowest BCUT2D eigenvalue weighted by Gasteiger charge is -2.25. The van der Waals surface area contributed by atoms with Crippen LogP contribution in [0.15, 0.2) is 24.3 Å². The van der Waals surface area contributed by atoms with Crippen molar-refractivity contribution in [2.75, 3.05) is 13.2 Å². The van der Waals surface area contributed by atoms with Crippen LogP contribution in [0.3, 0.4) is 0 Å². The molecule has 0 aromatic heterocycles. The molecule has 0 saturated carbocycles. The van der Waals surface area contributed by atoms with Gasteiger partial charge in [-0.1, -0.05) is 12.1 Å². The molecule has 11 N–H and O–H groups in total. The van der Waals surface area contributed by atoms with Crippen LogP contribution in [0.25, 0.3) is 0 Å². The van der Waals surface area contributed by atoms with Crippen molar-refractivity contribution in [3.63, 3.8) is 0 Å². The van der Waals surface area contributed by atoms with Gasteiger partial charge in [-0.3, -0.25) is 14.4 Å². The van der Waals surface area contributed by atoms with Gasteiger partial charge < -0.3 is 47.8 Å². The molecule has 35 heavy (non-hydrogen) atoms. The van der Waals surface area contributed by atoms with Crippen LogP contribution in [0.5, 0.6) is 5.75 Å². The second kappa shape index (κ2) is 14.9. The summed E-state index contributed by atoms with van der Waals surface area (Å²) >= 11 is 0. The van der Waals surface area contributed by atoms with Crippen molar-refractivity contribution < 1.29 is 39.6 Å². The molecule has 0 aliphatic heterocycles. The smallest absolute Gasteiger partial charge is 0.326 e. The molecule has 0 bridgehead atoms. The molecule has 3 amide bonds. The van der Waals surface area contributed by atoms with Gasteiger partial charge in [0.05, 0.1) is 12.7 Å². The Morgan fingerprint density at radius 3 is 1.97 bits per heavy atom. The molecule has 0 heterocycles. The fraction of sp³-hybridized carbons (Fsp3) is 0.545. The van der Waals surface area contributed by atoms with Gasteiger partial charge in [0.15, 0.2) is 0 Å². The van der Waals surface area contributed by atoms with Crippen molar-refractivity contribution in [2.45, 2.75) is 62.9 Å². The lowest BCUT2D eigenvalue weighted by atomic mass is 10.0. The van der Waals surface area contributed by atoms with Crippen molar-refractivity contribution in [3.8, 4) is 5.75 Å². The minimum absolute atomic E-state index is 0.0119. The molecule has 0 aliphatic rings. The summed E-state index contributed by atoms with van der Waals surface area (Å²) in [5.74, 6) is -3.87. The third-order valence-corrected chi connectivity index (χ3v) is 5.21. The van der Waals surface area contributed by atoms with Crippen LogP contribution in [0.4, 0.5) is 0 Å². The predicted octanol–water partition coefficient (Wildman–Crippen LogP) is -2.70. The van der Waals surface area contributed by atoms with E-state index in [9.17, 15) is 39.6 Å². The van der Waals surface area contributed by atoms with E-state index in [2.05, 4.69) is 16.0 Å². The molecule has 0 spiro atoms. The first kappa shape index (κ1) is 29.8. The highest BCUT2D eigenvalue weighted by molar-refractivity contribution is 5.94. The number of carbonyl (C=O) groups is 4. The quantitative estimate of drug-likeness (QED) is 0.114. The lowest BCUT2D eigenvalue weighted by molar-refractivity contribution is -0.142. The van der Waals surface area contributed by atoms with Gasteiger partial charge in [-0.2, -0.15) is 0 Å². The summed E-state index contributed by atoms with van der Waals surface area (Å²) in [6, 6.07) is 0.473. The van der Waals surface area contributed by atoms with E-state index in [0.29, 0.717) is 24.9 Å². The predicted molar refractivity (Wildman–Crippen MR) is 125 cm³/mol. The Morgan fingerprint density at radius 2 is 1.46 bits per heavy atom. The minimum atomic E-state index is -1.48. The molecule has 5 unspecified atom stereocenters. The molecule has 0 radical (unpaired) electrons. The van der Waals surface area contributed by atoms with E-state index in [0.717, 1.165) is 0 Å². The van der Waals surface area contributed by atoms with Gasteiger partial charge in [0, 0.05) is 6.42 Å². The summed E-state index contributed by atoms with van der Waals surface area (Å²) in [5, 5.41) is 45.0. The number of nitrogens with two attached hydrogens (primary N) is 2. The van der Waals surface area contributed by atoms with Crippen molar-refractivity contribution in [3.05, 3.63) is 29.8 Å². The Morgan fingerprint density at radius 1 is 0.914 bits per heavy atom. The van der Waals surface area contributed by atoms with Crippen LogP contribution in [-0.2, 0) is 25.6 Å². The van der Waals surface area contributed by atoms with Crippen LogP contribution in [0.2, 0.25) is 0 Å². The molecule has 1 rings (SSSR count). The van der Waals surface area contributed by atoms with E-state index in [4.69, 9.17) is 11.5 Å². The van der Waals surface area contributed by atoms with Gasteiger partial charge in [-0.25, -0.2) is 4.79 Å². The Balaban J connectivity index is 3.04. The monoisotopic (exact) mass is 497 g/mol.